The third-order valence-electron chi connectivity index (χ3n) is 6.94. The van der Waals surface area contributed by atoms with Crippen LogP contribution in [0.4, 0.5) is 5.69 Å². The Morgan fingerprint density at radius 1 is 1.03 bits per heavy atom. The van der Waals surface area contributed by atoms with E-state index in [4.69, 9.17) is 4.74 Å². The number of rotatable bonds is 14. The van der Waals surface area contributed by atoms with Crippen LogP contribution in [-0.2, 0) is 26.0 Å². The normalized spacial score (nSPS) is 14.6. The van der Waals surface area contributed by atoms with Crippen molar-refractivity contribution in [3.63, 3.8) is 0 Å². The second-order valence-corrected chi connectivity index (χ2v) is 11.7. The zero-order chi connectivity index (χ0) is 27.5. The highest BCUT2D eigenvalue weighted by molar-refractivity contribution is 7.92. The van der Waals surface area contributed by atoms with Gasteiger partial charge in [0.05, 0.1) is 18.6 Å². The summed E-state index contributed by atoms with van der Waals surface area (Å²) in [7, 11) is -3.60. The van der Waals surface area contributed by atoms with Crippen LogP contribution in [0.3, 0.4) is 0 Å². The lowest BCUT2D eigenvalue weighted by Gasteiger charge is -2.30. The Morgan fingerprint density at radius 3 is 2.34 bits per heavy atom. The van der Waals surface area contributed by atoms with E-state index in [-0.39, 0.29) is 30.8 Å². The van der Waals surface area contributed by atoms with Gasteiger partial charge in [-0.15, -0.1) is 0 Å². The molecule has 1 aliphatic rings. The first-order chi connectivity index (χ1) is 18.2. The van der Waals surface area contributed by atoms with Crippen molar-refractivity contribution in [2.24, 2.45) is 0 Å². The van der Waals surface area contributed by atoms with Gasteiger partial charge in [0, 0.05) is 25.6 Å². The number of carbonyl (C=O) groups excluding carboxylic acids is 2. The SMILES string of the molecule is CCOc1ccccc1N(CCCC(=O)N(CCc1ccccc1)[C@H](C)C(=O)NC1CCCC1)S(C)(=O)=O. The summed E-state index contributed by atoms with van der Waals surface area (Å²) in [6, 6.07) is 16.4. The molecule has 1 saturated carbocycles. The molecular weight excluding hydrogens is 502 g/mol. The van der Waals surface area contributed by atoms with E-state index in [1.165, 1.54) is 4.31 Å². The number of hydrogen-bond donors (Lipinski definition) is 1. The molecule has 2 aromatic carbocycles. The number of benzene rings is 2. The molecular formula is C29H41N3O5S. The van der Waals surface area contributed by atoms with Crippen LogP contribution in [0.1, 0.15) is 57.9 Å². The van der Waals surface area contributed by atoms with Crippen molar-refractivity contribution in [1.29, 1.82) is 0 Å². The summed E-state index contributed by atoms with van der Waals surface area (Å²) in [6.45, 7) is 4.56. The molecule has 1 N–H and O–H groups in total. The van der Waals surface area contributed by atoms with Crippen molar-refractivity contribution in [2.75, 3.05) is 30.3 Å². The monoisotopic (exact) mass is 543 g/mol. The zero-order valence-corrected chi connectivity index (χ0v) is 23.6. The van der Waals surface area contributed by atoms with Crippen molar-refractivity contribution < 1.29 is 22.7 Å². The molecule has 0 radical (unpaired) electrons. The van der Waals surface area contributed by atoms with E-state index in [1.807, 2.05) is 37.3 Å². The second kappa shape index (κ2) is 14.2. The van der Waals surface area contributed by atoms with E-state index in [0.29, 0.717) is 37.4 Å². The maximum absolute atomic E-state index is 13.4. The number of amides is 2. The third-order valence-corrected chi connectivity index (χ3v) is 8.12. The Morgan fingerprint density at radius 2 is 1.68 bits per heavy atom. The van der Waals surface area contributed by atoms with E-state index in [1.54, 1.807) is 36.1 Å². The van der Waals surface area contributed by atoms with Crippen LogP contribution in [0.5, 0.6) is 5.75 Å². The van der Waals surface area contributed by atoms with Crippen LogP contribution in [0.2, 0.25) is 0 Å². The van der Waals surface area contributed by atoms with E-state index in [9.17, 15) is 18.0 Å². The molecule has 0 aromatic heterocycles. The van der Waals surface area contributed by atoms with Crippen LogP contribution in [0.15, 0.2) is 54.6 Å². The second-order valence-electron chi connectivity index (χ2n) is 9.83. The Hall–Kier alpha value is -3.07. The molecule has 0 bridgehead atoms. The summed E-state index contributed by atoms with van der Waals surface area (Å²) >= 11 is 0. The molecule has 208 valence electrons. The molecule has 1 aliphatic carbocycles. The van der Waals surface area contributed by atoms with Crippen LogP contribution < -0.4 is 14.4 Å². The molecule has 2 aromatic rings. The smallest absolute Gasteiger partial charge is 0.242 e. The van der Waals surface area contributed by atoms with Crippen molar-refractivity contribution in [3.05, 3.63) is 60.2 Å². The lowest BCUT2D eigenvalue weighted by Crippen LogP contribution is -2.50. The van der Waals surface area contributed by atoms with Crippen LogP contribution in [0.25, 0.3) is 0 Å². The minimum Gasteiger partial charge on any atom is -0.492 e. The van der Waals surface area contributed by atoms with Crippen molar-refractivity contribution >= 4 is 27.5 Å². The molecule has 2 amide bonds. The van der Waals surface area contributed by atoms with Crippen molar-refractivity contribution in [3.8, 4) is 5.75 Å². The largest absolute Gasteiger partial charge is 0.492 e. The van der Waals surface area contributed by atoms with Crippen LogP contribution in [-0.4, -0.2) is 63.2 Å². The molecule has 0 spiro atoms. The number of ether oxygens (including phenoxy) is 1. The maximum atomic E-state index is 13.4. The van der Waals surface area contributed by atoms with Gasteiger partial charge in [-0.3, -0.25) is 13.9 Å². The maximum Gasteiger partial charge on any atom is 0.242 e. The fourth-order valence-electron chi connectivity index (χ4n) is 4.89. The molecule has 1 atom stereocenters. The number of anilines is 1. The predicted molar refractivity (Wildman–Crippen MR) is 151 cm³/mol. The Kier molecular flexibility index (Phi) is 11.0. The molecule has 9 heteroatoms. The summed E-state index contributed by atoms with van der Waals surface area (Å²) in [5, 5.41) is 3.11. The van der Waals surface area contributed by atoms with Gasteiger partial charge in [-0.1, -0.05) is 55.3 Å². The molecule has 0 heterocycles. The fourth-order valence-corrected chi connectivity index (χ4v) is 5.85. The molecule has 0 aliphatic heterocycles. The molecule has 0 unspecified atom stereocenters. The Balaban J connectivity index is 1.69. The number of hydrogen-bond acceptors (Lipinski definition) is 5. The van der Waals surface area contributed by atoms with Gasteiger partial charge in [0.25, 0.3) is 0 Å². The highest BCUT2D eigenvalue weighted by Gasteiger charge is 2.28. The first kappa shape index (κ1) is 29.5. The minimum atomic E-state index is -3.60. The first-order valence-corrected chi connectivity index (χ1v) is 15.4. The predicted octanol–water partition coefficient (Wildman–Crippen LogP) is 4.15. The number of nitrogens with zero attached hydrogens (tertiary/aromatic N) is 2. The van der Waals surface area contributed by atoms with Gasteiger partial charge in [-0.25, -0.2) is 8.42 Å². The molecule has 8 nitrogen and oxygen atoms in total. The molecule has 1 fully saturated rings. The molecule has 3 rings (SSSR count). The van der Waals surface area contributed by atoms with Gasteiger partial charge in [-0.2, -0.15) is 0 Å². The fraction of sp³-hybridized carbons (Fsp3) is 0.517. The van der Waals surface area contributed by atoms with Crippen molar-refractivity contribution in [2.45, 2.75) is 70.9 Å². The van der Waals surface area contributed by atoms with Gasteiger partial charge >= 0.3 is 0 Å². The molecule has 38 heavy (non-hydrogen) atoms. The summed E-state index contributed by atoms with van der Waals surface area (Å²) in [5.74, 6) is 0.178. The highest BCUT2D eigenvalue weighted by Crippen LogP contribution is 2.30. The first-order valence-electron chi connectivity index (χ1n) is 13.5. The van der Waals surface area contributed by atoms with Gasteiger partial charge in [-0.05, 0) is 57.2 Å². The lowest BCUT2D eigenvalue weighted by molar-refractivity contribution is -0.140. The van der Waals surface area contributed by atoms with Gasteiger partial charge in [0.1, 0.15) is 11.8 Å². The van der Waals surface area contributed by atoms with Crippen LogP contribution >= 0.6 is 0 Å². The lowest BCUT2D eigenvalue weighted by atomic mass is 10.1. The van der Waals surface area contributed by atoms with E-state index < -0.39 is 16.1 Å². The summed E-state index contributed by atoms with van der Waals surface area (Å²) in [5.41, 5.74) is 1.54. The third kappa shape index (κ3) is 8.48. The number of para-hydroxylation sites is 2. The van der Waals surface area contributed by atoms with Gasteiger partial charge in [0.15, 0.2) is 0 Å². The quantitative estimate of drug-likeness (QED) is 0.386. The van der Waals surface area contributed by atoms with Gasteiger partial charge < -0.3 is 15.0 Å². The minimum absolute atomic E-state index is 0.124. The average molecular weight is 544 g/mol. The molecule has 0 saturated heterocycles. The summed E-state index contributed by atoms with van der Waals surface area (Å²) in [4.78, 5) is 28.1. The summed E-state index contributed by atoms with van der Waals surface area (Å²) in [6.07, 6.45) is 6.38. The standard InChI is InChI=1S/C29H41N3O5S/c1-4-37-27-18-11-10-17-26(27)32(38(3,35)36)21-12-19-28(33)31(22-20-24-13-6-5-7-14-24)23(2)29(34)30-25-15-8-9-16-25/h5-7,10-11,13-14,17-18,23,25H,4,8-9,12,15-16,19-22H2,1-3H3,(H,30,34)/t23-/m1/s1. The Labute approximate surface area is 227 Å². The topological polar surface area (TPSA) is 96.0 Å². The number of carbonyl (C=O) groups is 2. The summed E-state index contributed by atoms with van der Waals surface area (Å²) < 4.78 is 32.2. The van der Waals surface area contributed by atoms with Gasteiger partial charge in [0.2, 0.25) is 21.8 Å². The highest BCUT2D eigenvalue weighted by atomic mass is 32.2. The Bertz CT molecular complexity index is 1150. The number of nitrogens with one attached hydrogen (secondary N) is 1. The average Bonchev–Trinajstić information content (AvgIpc) is 3.40. The zero-order valence-electron chi connectivity index (χ0n) is 22.8. The van der Waals surface area contributed by atoms with E-state index in [2.05, 4.69) is 5.32 Å². The van der Waals surface area contributed by atoms with E-state index >= 15 is 0 Å². The number of sulfonamides is 1. The van der Waals surface area contributed by atoms with Crippen molar-refractivity contribution in [1.82, 2.24) is 10.2 Å². The van der Waals surface area contributed by atoms with Crippen LogP contribution in [0, 0.1) is 0 Å². The van der Waals surface area contributed by atoms with E-state index in [0.717, 1.165) is 37.5 Å².